The molecule has 1 atom stereocenters. The number of rotatable bonds is 4. The Morgan fingerprint density at radius 1 is 1.43 bits per heavy atom. The van der Waals surface area contributed by atoms with Crippen LogP contribution in [0.4, 0.5) is 0 Å². The lowest BCUT2D eigenvalue weighted by Crippen LogP contribution is -2.40. The van der Waals surface area contributed by atoms with Gasteiger partial charge in [-0.25, -0.2) is 0 Å². The largest absolute Gasteiger partial charge is 0.481 e. The molecule has 14 heavy (non-hydrogen) atoms. The summed E-state index contributed by atoms with van der Waals surface area (Å²) in [6.07, 6.45) is 4.60. The molecular weight excluding hydrogens is 182 g/mol. The molecule has 1 saturated heterocycles. The van der Waals surface area contributed by atoms with Crippen LogP contribution in [-0.4, -0.2) is 41.9 Å². The second-order valence-electron chi connectivity index (χ2n) is 4.25. The van der Waals surface area contributed by atoms with Gasteiger partial charge in [-0.2, -0.15) is 0 Å². The summed E-state index contributed by atoms with van der Waals surface area (Å²) in [5.41, 5.74) is 0. The van der Waals surface area contributed by atoms with Gasteiger partial charge in [0.05, 0.1) is 18.8 Å². The maximum Gasteiger partial charge on any atom is 0.307 e. The minimum absolute atomic E-state index is 0.188. The maximum absolute atomic E-state index is 10.8. The zero-order valence-corrected chi connectivity index (χ0v) is 8.32. The molecule has 1 N–H and O–H groups in total. The molecule has 0 aromatic rings. The number of carbonyl (C=O) groups is 1. The highest BCUT2D eigenvalue weighted by Gasteiger charge is 2.27. The van der Waals surface area contributed by atoms with Crippen molar-refractivity contribution in [2.75, 3.05) is 19.8 Å². The van der Waals surface area contributed by atoms with Crippen molar-refractivity contribution in [3.63, 3.8) is 0 Å². The van der Waals surface area contributed by atoms with E-state index in [-0.39, 0.29) is 5.92 Å². The Kier molecular flexibility index (Phi) is 3.03. The molecule has 1 unspecified atom stereocenters. The number of aliphatic carboxylic acids is 1. The summed E-state index contributed by atoms with van der Waals surface area (Å²) in [4.78, 5) is 12.9. The van der Waals surface area contributed by atoms with Crippen LogP contribution in [-0.2, 0) is 9.53 Å². The van der Waals surface area contributed by atoms with Gasteiger partial charge in [0.25, 0.3) is 0 Å². The molecule has 1 heterocycles. The number of likely N-dealkylation sites (tertiary alicyclic amines) is 1. The highest BCUT2D eigenvalue weighted by Crippen LogP contribution is 2.24. The number of carboxylic acid groups (broad SMARTS) is 1. The monoisotopic (exact) mass is 199 g/mol. The van der Waals surface area contributed by atoms with Gasteiger partial charge in [-0.1, -0.05) is 0 Å². The average molecular weight is 199 g/mol. The molecule has 1 aliphatic heterocycles. The molecule has 0 spiro atoms. The van der Waals surface area contributed by atoms with Crippen LogP contribution in [0.2, 0.25) is 0 Å². The van der Waals surface area contributed by atoms with E-state index >= 15 is 0 Å². The first kappa shape index (κ1) is 9.93. The molecule has 0 amide bonds. The standard InChI is InChI=1S/C10H17NO3/c12-10(13)8-2-1-5-11(6-8)7-14-9-3-4-9/h8-9H,1-7H2,(H,12,13). The fraction of sp³-hybridized carbons (Fsp3) is 0.900. The van der Waals surface area contributed by atoms with Gasteiger partial charge in [-0.15, -0.1) is 0 Å². The average Bonchev–Trinajstić information content (AvgIpc) is 2.99. The molecule has 4 heteroatoms. The van der Waals surface area contributed by atoms with Gasteiger partial charge in [0.1, 0.15) is 0 Å². The second-order valence-corrected chi connectivity index (χ2v) is 4.25. The quantitative estimate of drug-likeness (QED) is 0.731. The highest BCUT2D eigenvalue weighted by atomic mass is 16.5. The Morgan fingerprint density at radius 2 is 2.21 bits per heavy atom. The minimum Gasteiger partial charge on any atom is -0.481 e. The van der Waals surface area contributed by atoms with Crippen LogP contribution >= 0.6 is 0 Å². The SMILES string of the molecule is O=C(O)C1CCCN(COC2CC2)C1. The molecule has 2 aliphatic rings. The molecule has 2 fully saturated rings. The molecule has 1 aliphatic carbocycles. The van der Waals surface area contributed by atoms with Crippen molar-refractivity contribution < 1.29 is 14.6 Å². The summed E-state index contributed by atoms with van der Waals surface area (Å²) < 4.78 is 5.55. The summed E-state index contributed by atoms with van der Waals surface area (Å²) in [7, 11) is 0. The van der Waals surface area contributed by atoms with Gasteiger partial charge in [0, 0.05) is 13.1 Å². The smallest absolute Gasteiger partial charge is 0.307 e. The number of nitrogens with zero attached hydrogens (tertiary/aromatic N) is 1. The Bertz CT molecular complexity index is 215. The van der Waals surface area contributed by atoms with E-state index in [1.165, 1.54) is 12.8 Å². The van der Waals surface area contributed by atoms with Crippen LogP contribution in [0.3, 0.4) is 0 Å². The van der Waals surface area contributed by atoms with Crippen molar-refractivity contribution in [2.24, 2.45) is 5.92 Å². The number of hydrogen-bond donors (Lipinski definition) is 1. The van der Waals surface area contributed by atoms with Crippen molar-refractivity contribution in [1.82, 2.24) is 4.90 Å². The van der Waals surface area contributed by atoms with E-state index in [0.717, 1.165) is 19.4 Å². The van der Waals surface area contributed by atoms with E-state index in [0.29, 0.717) is 19.4 Å². The lowest BCUT2D eigenvalue weighted by atomic mass is 9.99. The van der Waals surface area contributed by atoms with E-state index in [4.69, 9.17) is 9.84 Å². The van der Waals surface area contributed by atoms with Gasteiger partial charge >= 0.3 is 5.97 Å². The molecule has 80 valence electrons. The molecule has 0 aromatic heterocycles. The number of hydrogen-bond acceptors (Lipinski definition) is 3. The lowest BCUT2D eigenvalue weighted by molar-refractivity contribution is -0.144. The predicted molar refractivity (Wildman–Crippen MR) is 50.9 cm³/mol. The molecule has 0 radical (unpaired) electrons. The summed E-state index contributed by atoms with van der Waals surface area (Å²) >= 11 is 0. The third kappa shape index (κ3) is 2.69. The fourth-order valence-electron chi connectivity index (χ4n) is 1.82. The molecule has 4 nitrogen and oxygen atoms in total. The minimum atomic E-state index is -0.666. The first-order chi connectivity index (χ1) is 6.75. The van der Waals surface area contributed by atoms with Gasteiger partial charge < -0.3 is 9.84 Å². The van der Waals surface area contributed by atoms with E-state index in [1.54, 1.807) is 0 Å². The topological polar surface area (TPSA) is 49.8 Å². The summed E-state index contributed by atoms with van der Waals surface area (Å²) in [5, 5.41) is 8.88. The summed E-state index contributed by atoms with van der Waals surface area (Å²) in [6.45, 7) is 2.26. The van der Waals surface area contributed by atoms with E-state index < -0.39 is 5.97 Å². The first-order valence-electron chi connectivity index (χ1n) is 5.32. The molecule has 2 rings (SSSR count). The van der Waals surface area contributed by atoms with Crippen LogP contribution in [0, 0.1) is 5.92 Å². The lowest BCUT2D eigenvalue weighted by Gasteiger charge is -2.30. The first-order valence-corrected chi connectivity index (χ1v) is 5.32. The van der Waals surface area contributed by atoms with Crippen LogP contribution in [0.1, 0.15) is 25.7 Å². The molecule has 0 aromatic carbocycles. The van der Waals surface area contributed by atoms with Crippen molar-refractivity contribution in [3.8, 4) is 0 Å². The molecule has 1 saturated carbocycles. The highest BCUT2D eigenvalue weighted by molar-refractivity contribution is 5.70. The van der Waals surface area contributed by atoms with Crippen LogP contribution in [0.25, 0.3) is 0 Å². The van der Waals surface area contributed by atoms with Crippen molar-refractivity contribution in [3.05, 3.63) is 0 Å². The Hall–Kier alpha value is -0.610. The normalized spacial score (nSPS) is 29.0. The Morgan fingerprint density at radius 3 is 2.86 bits per heavy atom. The van der Waals surface area contributed by atoms with Crippen LogP contribution in [0.15, 0.2) is 0 Å². The summed E-state index contributed by atoms with van der Waals surface area (Å²) in [6, 6.07) is 0. The van der Waals surface area contributed by atoms with Crippen molar-refractivity contribution in [1.29, 1.82) is 0 Å². The van der Waals surface area contributed by atoms with Crippen LogP contribution in [0.5, 0.6) is 0 Å². The van der Waals surface area contributed by atoms with Gasteiger partial charge in [-0.05, 0) is 25.7 Å². The van der Waals surface area contributed by atoms with Crippen molar-refractivity contribution >= 4 is 5.97 Å². The number of piperidine rings is 1. The molecular formula is C10H17NO3. The Labute approximate surface area is 83.8 Å². The van der Waals surface area contributed by atoms with Gasteiger partial charge in [0.15, 0.2) is 0 Å². The van der Waals surface area contributed by atoms with E-state index in [9.17, 15) is 4.79 Å². The van der Waals surface area contributed by atoms with Gasteiger partial charge in [0.2, 0.25) is 0 Å². The second kappa shape index (κ2) is 4.28. The van der Waals surface area contributed by atoms with E-state index in [1.807, 2.05) is 0 Å². The van der Waals surface area contributed by atoms with Gasteiger partial charge in [-0.3, -0.25) is 9.69 Å². The van der Waals surface area contributed by atoms with Crippen molar-refractivity contribution in [2.45, 2.75) is 31.8 Å². The third-order valence-electron chi connectivity index (χ3n) is 2.87. The maximum atomic E-state index is 10.8. The molecule has 0 bridgehead atoms. The zero-order chi connectivity index (χ0) is 9.97. The number of carboxylic acids is 1. The predicted octanol–water partition coefficient (Wildman–Crippen LogP) is 0.919. The zero-order valence-electron chi connectivity index (χ0n) is 8.32. The fourth-order valence-corrected chi connectivity index (χ4v) is 1.82. The third-order valence-corrected chi connectivity index (χ3v) is 2.87. The number of ether oxygens (including phenoxy) is 1. The summed E-state index contributed by atoms with van der Waals surface area (Å²) in [5.74, 6) is -0.854. The van der Waals surface area contributed by atoms with Crippen LogP contribution < -0.4 is 0 Å². The van der Waals surface area contributed by atoms with E-state index in [2.05, 4.69) is 4.90 Å². The Balaban J connectivity index is 1.72.